The maximum Gasteiger partial charge on any atom is 0.408 e. The number of amides is 3. The van der Waals surface area contributed by atoms with E-state index in [-0.39, 0.29) is 11.9 Å². The average molecular weight is 486 g/mol. The van der Waals surface area contributed by atoms with Crippen LogP contribution in [-0.4, -0.2) is 58.8 Å². The van der Waals surface area contributed by atoms with Crippen LogP contribution in [-0.2, 0) is 14.3 Å². The number of aliphatic hydroxyl groups is 1. The number of nitrogens with one attached hydrogen (secondary N) is 2. The molecule has 3 amide bonds. The molecule has 2 unspecified atom stereocenters. The Balaban J connectivity index is 2.42. The molecule has 3 N–H and O–H groups in total. The summed E-state index contributed by atoms with van der Waals surface area (Å²) in [6.45, 7) is 7.05. The monoisotopic (exact) mass is 485 g/mol. The number of ether oxygens (including phenoxy) is 1. The van der Waals surface area contributed by atoms with Gasteiger partial charge in [-0.05, 0) is 58.1 Å². The van der Waals surface area contributed by atoms with Gasteiger partial charge < -0.3 is 25.4 Å². The highest BCUT2D eigenvalue weighted by molar-refractivity contribution is 5.93. The molecule has 1 aromatic rings. The number of benzene rings is 1. The molecule has 0 radical (unpaired) electrons. The number of rotatable bonds is 11. The molecule has 0 spiro atoms. The zero-order valence-corrected chi connectivity index (χ0v) is 21.3. The van der Waals surface area contributed by atoms with Gasteiger partial charge in [0.15, 0.2) is 0 Å². The minimum absolute atomic E-state index is 0.214. The van der Waals surface area contributed by atoms with Crippen molar-refractivity contribution in [3.8, 4) is 12.3 Å². The van der Waals surface area contributed by atoms with Crippen molar-refractivity contribution in [3.63, 3.8) is 0 Å². The van der Waals surface area contributed by atoms with Gasteiger partial charge in [0.05, 0.1) is 6.61 Å². The van der Waals surface area contributed by atoms with Crippen LogP contribution in [0, 0.1) is 12.3 Å². The van der Waals surface area contributed by atoms with Gasteiger partial charge in [-0.3, -0.25) is 9.59 Å². The summed E-state index contributed by atoms with van der Waals surface area (Å²) < 4.78 is 5.27. The van der Waals surface area contributed by atoms with E-state index < -0.39 is 36.3 Å². The van der Waals surface area contributed by atoms with Crippen LogP contribution >= 0.6 is 0 Å². The van der Waals surface area contributed by atoms with Crippen molar-refractivity contribution < 1.29 is 24.2 Å². The van der Waals surface area contributed by atoms with Crippen LogP contribution in [0.2, 0.25) is 0 Å². The first-order valence-electron chi connectivity index (χ1n) is 12.4. The summed E-state index contributed by atoms with van der Waals surface area (Å²) in [5.74, 6) is 1.73. The summed E-state index contributed by atoms with van der Waals surface area (Å²) in [6.07, 6.45) is 10.1. The van der Waals surface area contributed by atoms with Gasteiger partial charge in [0.1, 0.15) is 17.7 Å². The average Bonchev–Trinajstić information content (AvgIpc) is 2.77. The van der Waals surface area contributed by atoms with Gasteiger partial charge in [-0.2, -0.15) is 0 Å². The van der Waals surface area contributed by atoms with Gasteiger partial charge in [0, 0.05) is 18.2 Å². The number of hydrogen-bond acceptors (Lipinski definition) is 5. The topological polar surface area (TPSA) is 108 Å². The van der Waals surface area contributed by atoms with Crippen molar-refractivity contribution in [3.05, 3.63) is 35.4 Å². The highest BCUT2D eigenvalue weighted by Gasteiger charge is 2.42. The van der Waals surface area contributed by atoms with Crippen molar-refractivity contribution >= 4 is 17.9 Å². The van der Waals surface area contributed by atoms with Crippen LogP contribution in [0.4, 0.5) is 4.79 Å². The summed E-state index contributed by atoms with van der Waals surface area (Å²) >= 11 is 0. The summed E-state index contributed by atoms with van der Waals surface area (Å²) in [5, 5.41) is 15.4. The number of terminal acetylenes is 1. The molecule has 1 aliphatic rings. The Bertz CT molecular complexity index is 914. The zero-order valence-electron chi connectivity index (χ0n) is 21.3. The van der Waals surface area contributed by atoms with Crippen LogP contribution in [0.25, 0.3) is 0 Å². The molecule has 8 heteroatoms. The number of unbranched alkanes of at least 4 members (excludes halogenated alkanes) is 2. The molecule has 1 aliphatic carbocycles. The third kappa shape index (κ3) is 8.00. The van der Waals surface area contributed by atoms with Gasteiger partial charge in [0.25, 0.3) is 0 Å². The second-order valence-electron chi connectivity index (χ2n) is 9.84. The molecule has 35 heavy (non-hydrogen) atoms. The molecule has 0 heterocycles. The Kier molecular flexibility index (Phi) is 10.6. The fourth-order valence-corrected chi connectivity index (χ4v) is 3.97. The maximum absolute atomic E-state index is 13.8. The molecular weight excluding hydrogens is 446 g/mol. The molecule has 1 fully saturated rings. The van der Waals surface area contributed by atoms with Gasteiger partial charge in [-0.1, -0.05) is 43.9 Å². The molecule has 0 bridgehead atoms. The number of alkyl carbamates (subject to hydrolysis) is 1. The first kappa shape index (κ1) is 28.2. The van der Waals surface area contributed by atoms with Crippen molar-refractivity contribution in [1.82, 2.24) is 15.5 Å². The highest BCUT2D eigenvalue weighted by Crippen LogP contribution is 2.34. The Morgan fingerprint density at radius 2 is 1.91 bits per heavy atom. The second-order valence-corrected chi connectivity index (χ2v) is 9.84. The van der Waals surface area contributed by atoms with E-state index in [1.807, 2.05) is 0 Å². The lowest BCUT2D eigenvalue weighted by Gasteiger charge is -2.43. The maximum atomic E-state index is 13.8. The fourth-order valence-electron chi connectivity index (χ4n) is 3.97. The van der Waals surface area contributed by atoms with Crippen LogP contribution in [0.3, 0.4) is 0 Å². The van der Waals surface area contributed by atoms with Crippen molar-refractivity contribution in [2.45, 2.75) is 89.9 Å². The highest BCUT2D eigenvalue weighted by atomic mass is 16.6. The van der Waals surface area contributed by atoms with Gasteiger partial charge in [0.2, 0.25) is 11.8 Å². The summed E-state index contributed by atoms with van der Waals surface area (Å²) in [6, 6.07) is 4.58. The Morgan fingerprint density at radius 1 is 1.23 bits per heavy atom. The van der Waals surface area contributed by atoms with E-state index in [1.165, 1.54) is 4.90 Å². The number of nitrogens with zero attached hydrogens (tertiary/aromatic N) is 1. The molecule has 0 aromatic heterocycles. The lowest BCUT2D eigenvalue weighted by Crippen LogP contribution is -2.58. The van der Waals surface area contributed by atoms with Crippen LogP contribution in [0.5, 0.6) is 0 Å². The van der Waals surface area contributed by atoms with E-state index in [2.05, 4.69) is 23.5 Å². The first-order valence-corrected chi connectivity index (χ1v) is 12.4. The van der Waals surface area contributed by atoms with Gasteiger partial charge >= 0.3 is 6.09 Å². The fraction of sp³-hybridized carbons (Fsp3) is 0.593. The second kappa shape index (κ2) is 13.1. The number of aliphatic hydroxyl groups excluding tert-OH is 1. The number of carbonyl (C=O) groups excluding carboxylic acids is 3. The van der Waals surface area contributed by atoms with Gasteiger partial charge in [-0.15, -0.1) is 6.42 Å². The summed E-state index contributed by atoms with van der Waals surface area (Å²) in [4.78, 5) is 41.2. The third-order valence-electron chi connectivity index (χ3n) is 5.91. The quantitative estimate of drug-likeness (QED) is 0.329. The first-order chi connectivity index (χ1) is 16.6. The largest absolute Gasteiger partial charge is 0.444 e. The van der Waals surface area contributed by atoms with Crippen molar-refractivity contribution in [1.29, 1.82) is 0 Å². The molecule has 8 nitrogen and oxygen atoms in total. The molecule has 0 saturated heterocycles. The number of carbonyl (C=O) groups is 3. The van der Waals surface area contributed by atoms with E-state index in [1.54, 1.807) is 45.0 Å². The summed E-state index contributed by atoms with van der Waals surface area (Å²) in [7, 11) is 0. The van der Waals surface area contributed by atoms with E-state index >= 15 is 0 Å². The van der Waals surface area contributed by atoms with Crippen LogP contribution in [0.15, 0.2) is 24.3 Å². The normalized spacial score (nSPS) is 15.2. The Hall–Kier alpha value is -3.05. The lowest BCUT2D eigenvalue weighted by molar-refractivity contribution is -0.148. The molecule has 192 valence electrons. The Morgan fingerprint density at radius 3 is 2.46 bits per heavy atom. The van der Waals surface area contributed by atoms with E-state index in [0.717, 1.165) is 25.7 Å². The zero-order chi connectivity index (χ0) is 26.0. The molecule has 0 aliphatic heterocycles. The third-order valence-corrected chi connectivity index (χ3v) is 5.91. The van der Waals surface area contributed by atoms with E-state index in [9.17, 15) is 19.5 Å². The minimum Gasteiger partial charge on any atom is -0.444 e. The minimum atomic E-state index is -1.26. The van der Waals surface area contributed by atoms with Gasteiger partial charge in [-0.25, -0.2) is 4.79 Å². The molecule has 2 rings (SSSR count). The predicted molar refractivity (Wildman–Crippen MR) is 134 cm³/mol. The number of hydrogen-bond donors (Lipinski definition) is 3. The van der Waals surface area contributed by atoms with Crippen molar-refractivity contribution in [2.75, 3.05) is 13.2 Å². The molecule has 2 atom stereocenters. The van der Waals surface area contributed by atoms with Crippen molar-refractivity contribution in [2.24, 2.45) is 0 Å². The van der Waals surface area contributed by atoms with Crippen LogP contribution < -0.4 is 10.6 Å². The molecule has 1 saturated carbocycles. The SMILES string of the molecule is C#Cc1ccccc1C(C(=O)NCCCCC)N(C(=O)C(CO)NC(=O)OC(C)(C)C)C1CCC1. The summed E-state index contributed by atoms with van der Waals surface area (Å²) in [5.41, 5.74) is 0.282. The predicted octanol–water partition coefficient (Wildman–Crippen LogP) is 3.28. The van der Waals surface area contributed by atoms with E-state index in [0.29, 0.717) is 30.5 Å². The molecular formula is C27H39N3O5. The van der Waals surface area contributed by atoms with Crippen LogP contribution in [0.1, 0.15) is 83.4 Å². The standard InChI is InChI=1S/C27H39N3O5/c1-6-8-11-17-28-24(32)23(21-16-10-9-13-19(21)7-2)30(20-14-12-15-20)25(33)22(18-31)29-26(34)35-27(3,4)5/h2,9-10,13,16,20,22-23,31H,6,8,11-12,14-15,17-18H2,1,3-5H3,(H,28,32)(H,29,34). The van der Waals surface area contributed by atoms with E-state index in [4.69, 9.17) is 11.2 Å². The molecule has 1 aromatic carbocycles. The smallest absolute Gasteiger partial charge is 0.408 e. The lowest BCUT2D eigenvalue weighted by atomic mass is 9.87. The Labute approximate surface area is 208 Å².